The summed E-state index contributed by atoms with van der Waals surface area (Å²) in [7, 11) is -3.62. The first-order valence-corrected chi connectivity index (χ1v) is 12.3. The van der Waals surface area contributed by atoms with E-state index in [9.17, 15) is 18.3 Å². The van der Waals surface area contributed by atoms with Gasteiger partial charge in [0, 0.05) is 39.3 Å². The van der Waals surface area contributed by atoms with E-state index in [4.69, 9.17) is 0 Å². The number of carbonyl (C=O) groups excluding carboxylic acids is 1. The topological polar surface area (TPSA) is 93.2 Å². The van der Waals surface area contributed by atoms with Crippen molar-refractivity contribution in [3.05, 3.63) is 18.2 Å². The summed E-state index contributed by atoms with van der Waals surface area (Å²) < 4.78 is 27.3. The van der Waals surface area contributed by atoms with Crippen LogP contribution in [-0.2, 0) is 14.8 Å². The maximum atomic E-state index is 13.0. The third kappa shape index (κ3) is 5.72. The van der Waals surface area contributed by atoms with Gasteiger partial charge in [-0.05, 0) is 50.9 Å². The Balaban J connectivity index is 2.30. The molecule has 1 atom stereocenters. The average Bonchev–Trinajstić information content (AvgIpc) is 3.17. The van der Waals surface area contributed by atoms with Crippen LogP contribution < -0.4 is 10.2 Å². The number of anilines is 2. The third-order valence-corrected chi connectivity index (χ3v) is 7.73. The zero-order chi connectivity index (χ0) is 22.3. The average molecular weight is 441 g/mol. The maximum absolute atomic E-state index is 13.0. The molecule has 8 nitrogen and oxygen atoms in total. The van der Waals surface area contributed by atoms with E-state index in [1.807, 2.05) is 32.6 Å². The van der Waals surface area contributed by atoms with Gasteiger partial charge >= 0.3 is 0 Å². The molecule has 2 N–H and O–H groups in total. The van der Waals surface area contributed by atoms with Crippen molar-refractivity contribution < 1.29 is 18.3 Å². The smallest absolute Gasteiger partial charge is 0.243 e. The fourth-order valence-corrected chi connectivity index (χ4v) is 5.41. The van der Waals surface area contributed by atoms with Gasteiger partial charge in [0.05, 0.1) is 22.8 Å². The van der Waals surface area contributed by atoms with Crippen molar-refractivity contribution in [2.75, 3.05) is 62.6 Å². The minimum Gasteiger partial charge on any atom is -0.396 e. The van der Waals surface area contributed by atoms with Gasteiger partial charge in [-0.25, -0.2) is 8.42 Å². The van der Waals surface area contributed by atoms with Crippen molar-refractivity contribution in [3.63, 3.8) is 0 Å². The Morgan fingerprint density at radius 3 is 2.37 bits per heavy atom. The number of carbonyl (C=O) groups is 1. The first-order chi connectivity index (χ1) is 14.3. The zero-order valence-corrected chi connectivity index (χ0v) is 19.4. The van der Waals surface area contributed by atoms with Gasteiger partial charge in [0.15, 0.2) is 0 Å². The Labute approximate surface area is 180 Å². The number of benzene rings is 1. The van der Waals surface area contributed by atoms with E-state index in [-0.39, 0.29) is 29.9 Å². The Hall–Kier alpha value is -1.68. The fourth-order valence-electron chi connectivity index (χ4n) is 3.93. The minimum absolute atomic E-state index is 0.134. The zero-order valence-electron chi connectivity index (χ0n) is 18.6. The highest BCUT2D eigenvalue weighted by Crippen LogP contribution is 2.30. The molecule has 0 aliphatic carbocycles. The highest BCUT2D eigenvalue weighted by Gasteiger charge is 2.26. The minimum atomic E-state index is -3.62. The highest BCUT2D eigenvalue weighted by molar-refractivity contribution is 7.89. The Morgan fingerprint density at radius 2 is 1.83 bits per heavy atom. The van der Waals surface area contributed by atoms with Gasteiger partial charge in [0.1, 0.15) is 0 Å². The summed E-state index contributed by atoms with van der Waals surface area (Å²) in [5.74, 6) is 0.0333. The van der Waals surface area contributed by atoms with Crippen LogP contribution in [0, 0.1) is 5.92 Å². The lowest BCUT2D eigenvalue weighted by Gasteiger charge is -2.26. The van der Waals surface area contributed by atoms with Crippen LogP contribution in [0.15, 0.2) is 23.1 Å². The second kappa shape index (κ2) is 11.1. The Kier molecular flexibility index (Phi) is 9.09. The predicted molar refractivity (Wildman–Crippen MR) is 120 cm³/mol. The van der Waals surface area contributed by atoms with Crippen LogP contribution in [0.5, 0.6) is 0 Å². The van der Waals surface area contributed by atoms with Crippen LogP contribution >= 0.6 is 0 Å². The summed E-state index contributed by atoms with van der Waals surface area (Å²) in [5.41, 5.74) is 1.32. The molecule has 1 aromatic rings. The molecule has 0 aromatic heterocycles. The summed E-state index contributed by atoms with van der Waals surface area (Å²) in [6.07, 6.45) is 0.881. The van der Waals surface area contributed by atoms with Crippen LogP contribution in [0.1, 0.15) is 34.1 Å². The van der Waals surface area contributed by atoms with Gasteiger partial charge in [-0.3, -0.25) is 9.69 Å². The normalized spacial score (nSPS) is 17.5. The number of rotatable bonds is 11. The molecule has 1 heterocycles. The standard InChI is InChI=1S/C21H36N4O4S/c1-5-24(6-2)20-10-9-18(30(28,29)25(7-3)8-4)13-19(20)22-21(27)15-23-12-11-17(14-23)16-26/h9-10,13,17,26H,5-8,11-12,14-16H2,1-4H3,(H,22,27)/t17-/m0/s1. The van der Waals surface area contributed by atoms with E-state index < -0.39 is 10.0 Å². The molecular formula is C21H36N4O4S. The van der Waals surface area contributed by atoms with Gasteiger partial charge in [-0.15, -0.1) is 0 Å². The van der Waals surface area contributed by atoms with E-state index in [0.717, 1.165) is 31.7 Å². The van der Waals surface area contributed by atoms with Gasteiger partial charge in [0.2, 0.25) is 15.9 Å². The summed E-state index contributed by atoms with van der Waals surface area (Å²) in [5, 5.41) is 12.2. The van der Waals surface area contributed by atoms with Crippen LogP contribution in [-0.4, -0.2) is 81.1 Å². The fraction of sp³-hybridized carbons (Fsp3) is 0.667. The number of amides is 1. The molecule has 2 rings (SSSR count). The summed E-state index contributed by atoms with van der Waals surface area (Å²) in [6.45, 7) is 11.8. The lowest BCUT2D eigenvalue weighted by Crippen LogP contribution is -2.33. The van der Waals surface area contributed by atoms with Crippen LogP contribution in [0.4, 0.5) is 11.4 Å². The first kappa shape index (κ1) is 24.6. The molecule has 1 amide bonds. The predicted octanol–water partition coefficient (Wildman–Crippen LogP) is 1.82. The van der Waals surface area contributed by atoms with E-state index in [1.165, 1.54) is 4.31 Å². The molecule has 1 aliphatic heterocycles. The number of hydrogen-bond acceptors (Lipinski definition) is 6. The van der Waals surface area contributed by atoms with Crippen molar-refractivity contribution >= 4 is 27.3 Å². The van der Waals surface area contributed by atoms with Gasteiger partial charge in [-0.1, -0.05) is 13.8 Å². The van der Waals surface area contributed by atoms with Gasteiger partial charge < -0.3 is 15.3 Å². The molecule has 30 heavy (non-hydrogen) atoms. The van der Waals surface area contributed by atoms with Crippen molar-refractivity contribution in [1.29, 1.82) is 0 Å². The largest absolute Gasteiger partial charge is 0.396 e. The van der Waals surface area contributed by atoms with E-state index in [0.29, 0.717) is 25.3 Å². The number of nitrogens with zero attached hydrogens (tertiary/aromatic N) is 3. The third-order valence-electron chi connectivity index (χ3n) is 5.68. The molecule has 1 aliphatic rings. The summed E-state index contributed by atoms with van der Waals surface area (Å²) >= 11 is 0. The van der Waals surface area contributed by atoms with E-state index in [2.05, 4.69) is 10.2 Å². The lowest BCUT2D eigenvalue weighted by molar-refractivity contribution is -0.117. The quantitative estimate of drug-likeness (QED) is 0.545. The molecule has 0 saturated carbocycles. The molecule has 1 fully saturated rings. The summed E-state index contributed by atoms with van der Waals surface area (Å²) in [4.78, 5) is 17.0. The van der Waals surface area contributed by atoms with Gasteiger partial charge in [-0.2, -0.15) is 4.31 Å². The van der Waals surface area contributed by atoms with Crippen LogP contribution in [0.25, 0.3) is 0 Å². The highest BCUT2D eigenvalue weighted by atomic mass is 32.2. The van der Waals surface area contributed by atoms with Crippen LogP contribution in [0.2, 0.25) is 0 Å². The Bertz CT molecular complexity index is 807. The van der Waals surface area contributed by atoms with E-state index >= 15 is 0 Å². The summed E-state index contributed by atoms with van der Waals surface area (Å²) in [6, 6.07) is 4.96. The SMILES string of the molecule is CCN(CC)c1ccc(S(=O)(=O)N(CC)CC)cc1NC(=O)CN1CC[C@H](CO)C1. The van der Waals surface area contributed by atoms with Crippen molar-refractivity contribution in [2.24, 2.45) is 5.92 Å². The molecular weight excluding hydrogens is 404 g/mol. The molecule has 0 unspecified atom stereocenters. The van der Waals surface area contributed by atoms with Crippen molar-refractivity contribution in [3.8, 4) is 0 Å². The van der Waals surface area contributed by atoms with Crippen molar-refractivity contribution in [1.82, 2.24) is 9.21 Å². The monoisotopic (exact) mass is 440 g/mol. The lowest BCUT2D eigenvalue weighted by atomic mass is 10.1. The second-order valence-electron chi connectivity index (χ2n) is 7.56. The molecule has 0 spiro atoms. The number of aliphatic hydroxyl groups excluding tert-OH is 1. The number of sulfonamides is 1. The molecule has 0 radical (unpaired) electrons. The van der Waals surface area contributed by atoms with Crippen molar-refractivity contribution in [2.45, 2.75) is 39.0 Å². The number of aliphatic hydroxyl groups is 1. The number of hydrogen-bond donors (Lipinski definition) is 2. The maximum Gasteiger partial charge on any atom is 0.243 e. The number of likely N-dealkylation sites (tertiary alicyclic amines) is 1. The molecule has 170 valence electrons. The molecule has 1 saturated heterocycles. The Morgan fingerprint density at radius 1 is 1.17 bits per heavy atom. The first-order valence-electron chi connectivity index (χ1n) is 10.8. The van der Waals surface area contributed by atoms with Crippen LogP contribution in [0.3, 0.4) is 0 Å². The van der Waals surface area contributed by atoms with Gasteiger partial charge in [0.25, 0.3) is 0 Å². The molecule has 9 heteroatoms. The molecule has 0 bridgehead atoms. The second-order valence-corrected chi connectivity index (χ2v) is 9.50. The van der Waals surface area contributed by atoms with E-state index in [1.54, 1.807) is 18.2 Å². The molecule has 1 aromatic carbocycles. The number of nitrogens with one attached hydrogen (secondary N) is 1.